The van der Waals surface area contributed by atoms with Crippen LogP contribution in [0.4, 0.5) is 0 Å². The lowest BCUT2D eigenvalue weighted by Crippen LogP contribution is -2.34. The number of carbonyl (C=O) groups is 2. The summed E-state index contributed by atoms with van der Waals surface area (Å²) in [5, 5.41) is 0. The highest BCUT2D eigenvalue weighted by Gasteiger charge is 2.21. The fourth-order valence-electron chi connectivity index (χ4n) is 2.84. The Morgan fingerprint density at radius 2 is 2.04 bits per heavy atom. The zero-order valence-corrected chi connectivity index (χ0v) is 14.5. The number of nitrogens with zero attached hydrogens (tertiary/aromatic N) is 2. The van der Waals surface area contributed by atoms with Gasteiger partial charge in [-0.15, -0.1) is 0 Å². The number of carbonyl (C=O) groups excluding carboxylic acids is 2. The molecule has 2 aliphatic rings. The Labute approximate surface area is 147 Å². The molecule has 1 aromatic rings. The van der Waals surface area contributed by atoms with E-state index in [1.165, 1.54) is 4.90 Å². The number of Topliss-reactive ketones (excluding diaryl/α,β-unsaturated/α-hetero) is 1. The van der Waals surface area contributed by atoms with Gasteiger partial charge in [-0.05, 0) is 37.2 Å². The smallest absolute Gasteiger partial charge is 0.251 e. The van der Waals surface area contributed by atoms with E-state index in [1.807, 2.05) is 23.4 Å². The first kappa shape index (κ1) is 17.1. The van der Waals surface area contributed by atoms with Crippen LogP contribution in [0.2, 0.25) is 0 Å². The van der Waals surface area contributed by atoms with Gasteiger partial charge in [-0.1, -0.05) is 13.0 Å². The monoisotopic (exact) mass is 342 g/mol. The fourth-order valence-corrected chi connectivity index (χ4v) is 2.84. The summed E-state index contributed by atoms with van der Waals surface area (Å²) in [5.74, 6) is 0.942. The standard InChI is InChI=1S/C19H22N2O4/c1-3-8-21-9-4-5-15(11-21)19(23)20(2)12-16(22)14-6-7-17-18(10-14)25-13-24-17/h4,6-7,9-11H,3,5,8,12-13H2,1-2H3. The Kier molecular flexibility index (Phi) is 5.07. The first-order chi connectivity index (χ1) is 12.1. The highest BCUT2D eigenvalue weighted by atomic mass is 16.7. The van der Waals surface area contributed by atoms with Gasteiger partial charge in [-0.2, -0.15) is 0 Å². The van der Waals surface area contributed by atoms with Crippen LogP contribution in [-0.2, 0) is 4.79 Å². The summed E-state index contributed by atoms with van der Waals surface area (Å²) in [6.07, 6.45) is 7.41. The third kappa shape index (κ3) is 3.84. The molecule has 3 rings (SSSR count). The quantitative estimate of drug-likeness (QED) is 0.744. The lowest BCUT2D eigenvalue weighted by Gasteiger charge is -2.23. The van der Waals surface area contributed by atoms with Gasteiger partial charge in [-0.3, -0.25) is 9.59 Å². The van der Waals surface area contributed by atoms with Crippen molar-refractivity contribution in [2.24, 2.45) is 0 Å². The number of hydrogen-bond donors (Lipinski definition) is 0. The van der Waals surface area contributed by atoms with Crippen molar-refractivity contribution in [3.05, 3.63) is 47.8 Å². The van der Waals surface area contributed by atoms with E-state index >= 15 is 0 Å². The Bertz CT molecular complexity index is 739. The molecule has 1 aromatic carbocycles. The molecule has 0 bridgehead atoms. The van der Waals surface area contributed by atoms with Crippen LogP contribution in [0.25, 0.3) is 0 Å². The molecule has 2 heterocycles. The molecular weight excluding hydrogens is 320 g/mol. The number of allylic oxidation sites excluding steroid dienone is 1. The number of rotatable bonds is 6. The highest BCUT2D eigenvalue weighted by molar-refractivity contribution is 6.02. The number of fused-ring (bicyclic) bond motifs is 1. The Morgan fingerprint density at radius 3 is 2.84 bits per heavy atom. The zero-order valence-electron chi connectivity index (χ0n) is 14.5. The van der Waals surface area contributed by atoms with Crippen molar-refractivity contribution in [2.75, 3.05) is 26.9 Å². The van der Waals surface area contributed by atoms with Gasteiger partial charge in [0.05, 0.1) is 6.54 Å². The summed E-state index contributed by atoms with van der Waals surface area (Å²) in [6.45, 7) is 3.15. The molecule has 0 unspecified atom stereocenters. The molecule has 0 aliphatic carbocycles. The van der Waals surface area contributed by atoms with E-state index in [-0.39, 0.29) is 25.0 Å². The van der Waals surface area contributed by atoms with Gasteiger partial charge in [0.25, 0.3) is 5.91 Å². The fraction of sp³-hybridized carbons (Fsp3) is 0.368. The molecule has 0 saturated carbocycles. The van der Waals surface area contributed by atoms with Crippen molar-refractivity contribution >= 4 is 11.7 Å². The second-order valence-corrected chi connectivity index (χ2v) is 6.13. The summed E-state index contributed by atoms with van der Waals surface area (Å²) in [4.78, 5) is 28.5. The number of amides is 1. The highest BCUT2D eigenvalue weighted by Crippen LogP contribution is 2.32. The normalized spacial score (nSPS) is 15.1. The third-order valence-corrected chi connectivity index (χ3v) is 4.13. The van der Waals surface area contributed by atoms with Crippen molar-refractivity contribution in [1.82, 2.24) is 9.80 Å². The van der Waals surface area contributed by atoms with E-state index in [0.717, 1.165) is 13.0 Å². The predicted octanol–water partition coefficient (Wildman–Crippen LogP) is 2.57. The topological polar surface area (TPSA) is 59.1 Å². The maximum atomic E-state index is 12.6. The Balaban J connectivity index is 1.64. The molecule has 0 aromatic heterocycles. The van der Waals surface area contributed by atoms with E-state index in [4.69, 9.17) is 9.47 Å². The van der Waals surface area contributed by atoms with Crippen LogP contribution in [0, 0.1) is 0 Å². The molecule has 6 heteroatoms. The van der Waals surface area contributed by atoms with Gasteiger partial charge in [0.1, 0.15) is 0 Å². The van der Waals surface area contributed by atoms with Crippen molar-refractivity contribution < 1.29 is 19.1 Å². The van der Waals surface area contributed by atoms with Crippen molar-refractivity contribution in [3.8, 4) is 11.5 Å². The zero-order chi connectivity index (χ0) is 17.8. The SMILES string of the molecule is CCCN1C=CCC(C(=O)N(C)CC(=O)c2ccc3c(c2)OCO3)=C1. The predicted molar refractivity (Wildman–Crippen MR) is 93.4 cm³/mol. The molecule has 25 heavy (non-hydrogen) atoms. The third-order valence-electron chi connectivity index (χ3n) is 4.13. The summed E-state index contributed by atoms with van der Waals surface area (Å²) in [6, 6.07) is 5.07. The van der Waals surface area contributed by atoms with E-state index in [9.17, 15) is 9.59 Å². The van der Waals surface area contributed by atoms with Crippen LogP contribution in [0.1, 0.15) is 30.1 Å². The van der Waals surface area contributed by atoms with Crippen LogP contribution in [0.3, 0.4) is 0 Å². The molecule has 132 valence electrons. The average Bonchev–Trinajstić information content (AvgIpc) is 3.09. The summed E-state index contributed by atoms with van der Waals surface area (Å²) < 4.78 is 10.5. The van der Waals surface area contributed by atoms with Crippen LogP contribution in [-0.4, -0.2) is 48.4 Å². The second-order valence-electron chi connectivity index (χ2n) is 6.13. The lowest BCUT2D eigenvalue weighted by molar-refractivity contribution is -0.125. The van der Waals surface area contributed by atoms with Crippen LogP contribution < -0.4 is 9.47 Å². The van der Waals surface area contributed by atoms with E-state index in [1.54, 1.807) is 25.2 Å². The number of likely N-dealkylation sites (N-methyl/N-ethyl adjacent to an activating group) is 1. The Hall–Kier alpha value is -2.76. The molecule has 0 saturated heterocycles. The van der Waals surface area contributed by atoms with E-state index < -0.39 is 0 Å². The van der Waals surface area contributed by atoms with Gasteiger partial charge >= 0.3 is 0 Å². The number of benzene rings is 1. The first-order valence-electron chi connectivity index (χ1n) is 8.40. The number of hydrogen-bond acceptors (Lipinski definition) is 5. The van der Waals surface area contributed by atoms with Gasteiger partial charge in [0, 0.05) is 30.9 Å². The van der Waals surface area contributed by atoms with Gasteiger partial charge in [0.15, 0.2) is 17.3 Å². The minimum absolute atomic E-state index is 0.0211. The Morgan fingerprint density at radius 1 is 1.24 bits per heavy atom. The van der Waals surface area contributed by atoms with Crippen LogP contribution in [0.5, 0.6) is 11.5 Å². The summed E-state index contributed by atoms with van der Waals surface area (Å²) in [5.41, 5.74) is 1.20. The average molecular weight is 342 g/mol. The second kappa shape index (κ2) is 7.42. The number of ether oxygens (including phenoxy) is 2. The molecule has 6 nitrogen and oxygen atoms in total. The molecule has 0 spiro atoms. The molecule has 1 amide bonds. The summed E-state index contributed by atoms with van der Waals surface area (Å²) in [7, 11) is 1.65. The minimum Gasteiger partial charge on any atom is -0.454 e. The summed E-state index contributed by atoms with van der Waals surface area (Å²) >= 11 is 0. The van der Waals surface area contributed by atoms with Crippen molar-refractivity contribution in [3.63, 3.8) is 0 Å². The molecule has 0 N–H and O–H groups in total. The number of ketones is 1. The van der Waals surface area contributed by atoms with E-state index in [0.29, 0.717) is 29.1 Å². The van der Waals surface area contributed by atoms with Crippen LogP contribution in [0.15, 0.2) is 42.2 Å². The van der Waals surface area contributed by atoms with Gasteiger partial charge in [0.2, 0.25) is 6.79 Å². The molecule has 0 fully saturated rings. The van der Waals surface area contributed by atoms with Crippen molar-refractivity contribution in [2.45, 2.75) is 19.8 Å². The molecule has 0 radical (unpaired) electrons. The molecule has 0 atom stereocenters. The van der Waals surface area contributed by atoms with Gasteiger partial charge in [-0.25, -0.2) is 0 Å². The maximum Gasteiger partial charge on any atom is 0.251 e. The maximum absolute atomic E-state index is 12.6. The van der Waals surface area contributed by atoms with Crippen molar-refractivity contribution in [1.29, 1.82) is 0 Å². The van der Waals surface area contributed by atoms with Gasteiger partial charge < -0.3 is 19.3 Å². The lowest BCUT2D eigenvalue weighted by atomic mass is 10.1. The van der Waals surface area contributed by atoms with Crippen LogP contribution >= 0.6 is 0 Å². The largest absolute Gasteiger partial charge is 0.454 e. The van der Waals surface area contributed by atoms with E-state index in [2.05, 4.69) is 6.92 Å². The molecule has 2 aliphatic heterocycles. The molecular formula is C19H22N2O4. The minimum atomic E-state index is -0.133. The first-order valence-corrected chi connectivity index (χ1v) is 8.40.